The van der Waals surface area contributed by atoms with Crippen molar-refractivity contribution in [2.75, 3.05) is 11.4 Å². The Hall–Kier alpha value is -2.88. The third-order valence-corrected chi connectivity index (χ3v) is 4.18. The number of likely N-dealkylation sites (N-methyl/N-ethyl adjacent to an activating group) is 1. The summed E-state index contributed by atoms with van der Waals surface area (Å²) in [7, 11) is 0. The van der Waals surface area contributed by atoms with E-state index in [1.165, 1.54) is 0 Å². The molecule has 4 heteroatoms. The van der Waals surface area contributed by atoms with E-state index in [-0.39, 0.29) is 12.5 Å². The Bertz CT molecular complexity index is 896. The van der Waals surface area contributed by atoms with Gasteiger partial charge in [-0.1, -0.05) is 30.3 Å². The minimum absolute atomic E-state index is 0.00121. The van der Waals surface area contributed by atoms with E-state index in [0.29, 0.717) is 12.1 Å². The molecule has 3 aromatic rings. The average molecular weight is 320 g/mol. The van der Waals surface area contributed by atoms with Crippen molar-refractivity contribution in [2.24, 2.45) is 0 Å². The lowest BCUT2D eigenvalue weighted by Gasteiger charge is -2.22. The standard InChI is InChI=1S/C20H20N2O2/c1-3-22(17-8-6-7-15(2)11-17)20(24)13-21-12-16(14-23)18-9-4-5-10-19(18)21/h4-12,14H,3,13H2,1-2H3. The van der Waals surface area contributed by atoms with Crippen LogP contribution in [0, 0.1) is 6.92 Å². The molecular weight excluding hydrogens is 300 g/mol. The molecule has 24 heavy (non-hydrogen) atoms. The summed E-state index contributed by atoms with van der Waals surface area (Å²) in [5, 5.41) is 0.874. The van der Waals surface area contributed by atoms with Crippen LogP contribution in [0.1, 0.15) is 22.8 Å². The van der Waals surface area contributed by atoms with E-state index in [0.717, 1.165) is 28.4 Å². The Balaban J connectivity index is 1.93. The maximum atomic E-state index is 12.8. The van der Waals surface area contributed by atoms with Crippen LogP contribution >= 0.6 is 0 Å². The molecule has 122 valence electrons. The van der Waals surface area contributed by atoms with Gasteiger partial charge in [-0.3, -0.25) is 9.59 Å². The van der Waals surface area contributed by atoms with Crippen molar-refractivity contribution in [2.45, 2.75) is 20.4 Å². The Morgan fingerprint density at radius 2 is 1.96 bits per heavy atom. The van der Waals surface area contributed by atoms with Crippen molar-refractivity contribution in [3.8, 4) is 0 Å². The smallest absolute Gasteiger partial charge is 0.246 e. The lowest BCUT2D eigenvalue weighted by Crippen LogP contribution is -2.33. The van der Waals surface area contributed by atoms with Crippen molar-refractivity contribution in [1.29, 1.82) is 0 Å². The van der Waals surface area contributed by atoms with E-state index < -0.39 is 0 Å². The van der Waals surface area contributed by atoms with Crippen molar-refractivity contribution in [1.82, 2.24) is 4.57 Å². The molecule has 0 spiro atoms. The highest BCUT2D eigenvalue weighted by molar-refractivity contribution is 5.99. The largest absolute Gasteiger partial charge is 0.337 e. The molecule has 2 aromatic carbocycles. The van der Waals surface area contributed by atoms with Crippen LogP contribution in [0.2, 0.25) is 0 Å². The zero-order valence-corrected chi connectivity index (χ0v) is 13.9. The van der Waals surface area contributed by atoms with Crippen LogP contribution in [0.4, 0.5) is 5.69 Å². The van der Waals surface area contributed by atoms with Gasteiger partial charge in [0.05, 0.1) is 0 Å². The Labute approximate surface area is 141 Å². The monoisotopic (exact) mass is 320 g/mol. The third kappa shape index (κ3) is 2.95. The molecular formula is C20H20N2O2. The minimum atomic E-state index is 0.00121. The first-order valence-electron chi connectivity index (χ1n) is 8.04. The van der Waals surface area contributed by atoms with E-state index >= 15 is 0 Å². The summed E-state index contributed by atoms with van der Waals surface area (Å²) < 4.78 is 1.85. The number of carbonyl (C=O) groups excluding carboxylic acids is 2. The minimum Gasteiger partial charge on any atom is -0.337 e. The predicted octanol–water partition coefficient (Wildman–Crippen LogP) is 3.82. The van der Waals surface area contributed by atoms with Gasteiger partial charge >= 0.3 is 0 Å². The van der Waals surface area contributed by atoms with Crippen LogP contribution in [-0.4, -0.2) is 23.3 Å². The molecule has 0 radical (unpaired) electrons. The first-order valence-corrected chi connectivity index (χ1v) is 8.04. The second kappa shape index (κ2) is 6.71. The lowest BCUT2D eigenvalue weighted by atomic mass is 10.2. The number of carbonyl (C=O) groups is 2. The fraction of sp³-hybridized carbons (Fsp3) is 0.200. The van der Waals surface area contributed by atoms with Crippen LogP contribution in [0.5, 0.6) is 0 Å². The highest BCUT2D eigenvalue weighted by Gasteiger charge is 2.16. The maximum absolute atomic E-state index is 12.8. The van der Waals surface area contributed by atoms with Gasteiger partial charge in [-0.15, -0.1) is 0 Å². The molecule has 0 unspecified atom stereocenters. The van der Waals surface area contributed by atoms with Gasteiger partial charge in [0.1, 0.15) is 6.54 Å². The number of fused-ring (bicyclic) bond motifs is 1. The van der Waals surface area contributed by atoms with Gasteiger partial charge in [-0.05, 0) is 37.6 Å². The van der Waals surface area contributed by atoms with Gasteiger partial charge < -0.3 is 9.47 Å². The quantitative estimate of drug-likeness (QED) is 0.671. The lowest BCUT2D eigenvalue weighted by molar-refractivity contribution is -0.119. The van der Waals surface area contributed by atoms with Gasteiger partial charge in [0, 0.05) is 34.9 Å². The van der Waals surface area contributed by atoms with Crippen molar-refractivity contribution >= 4 is 28.8 Å². The van der Waals surface area contributed by atoms with Crippen LogP contribution < -0.4 is 4.90 Å². The number of nitrogens with zero attached hydrogens (tertiary/aromatic N) is 2. The topological polar surface area (TPSA) is 42.3 Å². The van der Waals surface area contributed by atoms with Gasteiger partial charge in [0.25, 0.3) is 0 Å². The molecule has 0 atom stereocenters. The second-order valence-corrected chi connectivity index (χ2v) is 5.82. The summed E-state index contributed by atoms with van der Waals surface area (Å²) in [6, 6.07) is 15.6. The zero-order chi connectivity index (χ0) is 17.1. The predicted molar refractivity (Wildman–Crippen MR) is 96.5 cm³/mol. The highest BCUT2D eigenvalue weighted by Crippen LogP contribution is 2.21. The van der Waals surface area contributed by atoms with E-state index in [9.17, 15) is 9.59 Å². The Morgan fingerprint density at radius 3 is 2.67 bits per heavy atom. The number of aldehydes is 1. The molecule has 0 fully saturated rings. The molecule has 1 amide bonds. The normalized spacial score (nSPS) is 10.8. The maximum Gasteiger partial charge on any atom is 0.246 e. The number of rotatable bonds is 5. The number of aromatic nitrogens is 1. The molecule has 1 heterocycles. The molecule has 3 rings (SSSR count). The summed E-state index contributed by atoms with van der Waals surface area (Å²) in [4.78, 5) is 25.8. The molecule has 0 saturated heterocycles. The highest BCUT2D eigenvalue weighted by atomic mass is 16.2. The van der Waals surface area contributed by atoms with Crippen LogP contribution in [0.3, 0.4) is 0 Å². The summed E-state index contributed by atoms with van der Waals surface area (Å²) in [6.45, 7) is 4.78. The number of para-hydroxylation sites is 1. The number of aryl methyl sites for hydroxylation is 1. The molecule has 0 N–H and O–H groups in total. The number of hydrogen-bond acceptors (Lipinski definition) is 2. The number of anilines is 1. The molecule has 4 nitrogen and oxygen atoms in total. The van der Waals surface area contributed by atoms with Crippen molar-refractivity contribution in [3.63, 3.8) is 0 Å². The van der Waals surface area contributed by atoms with Crippen molar-refractivity contribution < 1.29 is 9.59 Å². The molecule has 0 saturated carbocycles. The van der Waals surface area contributed by atoms with Crippen LogP contribution in [-0.2, 0) is 11.3 Å². The summed E-state index contributed by atoms with van der Waals surface area (Å²) >= 11 is 0. The van der Waals surface area contributed by atoms with E-state index in [1.54, 1.807) is 11.1 Å². The first-order chi connectivity index (χ1) is 11.6. The van der Waals surface area contributed by atoms with Crippen LogP contribution in [0.15, 0.2) is 54.7 Å². The van der Waals surface area contributed by atoms with Gasteiger partial charge in [0.15, 0.2) is 6.29 Å². The first kappa shape index (κ1) is 16.0. The number of amides is 1. The summed E-state index contributed by atoms with van der Waals surface area (Å²) in [6.07, 6.45) is 2.58. The summed E-state index contributed by atoms with van der Waals surface area (Å²) in [5.74, 6) is 0.00121. The SMILES string of the molecule is CCN(C(=O)Cn1cc(C=O)c2ccccc21)c1cccc(C)c1. The molecule has 0 aliphatic carbocycles. The Morgan fingerprint density at radius 1 is 1.17 bits per heavy atom. The van der Waals surface area contributed by atoms with Gasteiger partial charge in [-0.2, -0.15) is 0 Å². The van der Waals surface area contributed by atoms with Crippen LogP contribution in [0.25, 0.3) is 10.9 Å². The second-order valence-electron chi connectivity index (χ2n) is 5.82. The van der Waals surface area contributed by atoms with E-state index in [4.69, 9.17) is 0 Å². The van der Waals surface area contributed by atoms with Gasteiger partial charge in [0.2, 0.25) is 5.91 Å². The van der Waals surface area contributed by atoms with Gasteiger partial charge in [-0.25, -0.2) is 0 Å². The molecule has 0 bridgehead atoms. The number of hydrogen-bond donors (Lipinski definition) is 0. The fourth-order valence-electron chi connectivity index (χ4n) is 3.03. The fourth-order valence-corrected chi connectivity index (χ4v) is 3.03. The molecule has 0 aliphatic rings. The summed E-state index contributed by atoms with van der Waals surface area (Å²) in [5.41, 5.74) is 3.52. The third-order valence-electron chi connectivity index (χ3n) is 4.18. The van der Waals surface area contributed by atoms with E-state index in [2.05, 4.69) is 0 Å². The molecule has 1 aromatic heterocycles. The van der Waals surface area contributed by atoms with Crippen molar-refractivity contribution in [3.05, 3.63) is 65.9 Å². The van der Waals surface area contributed by atoms with E-state index in [1.807, 2.05) is 66.9 Å². The Kier molecular flexibility index (Phi) is 4.47. The average Bonchev–Trinajstić information content (AvgIpc) is 2.94. The number of benzene rings is 2. The zero-order valence-electron chi connectivity index (χ0n) is 13.9. The molecule has 0 aliphatic heterocycles.